The molecule has 2 aromatic rings. The van der Waals surface area contributed by atoms with Crippen LogP contribution in [0, 0.1) is 11.3 Å². The zero-order chi connectivity index (χ0) is 11.4. The largest absolute Gasteiger partial charge is 0.397 e. The Labute approximate surface area is 93.4 Å². The number of hydrogen-bond acceptors (Lipinski definition) is 4. The fourth-order valence-corrected chi connectivity index (χ4v) is 1.29. The second-order valence-electron chi connectivity index (χ2n) is 3.29. The van der Waals surface area contributed by atoms with Crippen molar-refractivity contribution in [3.63, 3.8) is 0 Å². The highest BCUT2D eigenvalue weighted by molar-refractivity contribution is 5.59. The highest BCUT2D eigenvalue weighted by atomic mass is 15.0. The van der Waals surface area contributed by atoms with Gasteiger partial charge in [0, 0.05) is 5.69 Å². The monoisotopic (exact) mass is 210 g/mol. The number of benzene rings is 1. The van der Waals surface area contributed by atoms with Gasteiger partial charge in [0.1, 0.15) is 5.82 Å². The van der Waals surface area contributed by atoms with E-state index in [2.05, 4.69) is 16.4 Å². The van der Waals surface area contributed by atoms with Gasteiger partial charge in [-0.1, -0.05) is 6.07 Å². The number of nitrogens with two attached hydrogens (primary N) is 1. The first-order valence-electron chi connectivity index (χ1n) is 4.76. The Morgan fingerprint density at radius 3 is 2.81 bits per heavy atom. The van der Waals surface area contributed by atoms with Gasteiger partial charge in [0.05, 0.1) is 23.5 Å². The fraction of sp³-hybridized carbons (Fsp3) is 0. The van der Waals surface area contributed by atoms with E-state index in [0.717, 1.165) is 5.69 Å². The molecular formula is C12H10N4. The van der Waals surface area contributed by atoms with E-state index in [4.69, 9.17) is 11.0 Å². The predicted molar refractivity (Wildman–Crippen MR) is 63.1 cm³/mol. The van der Waals surface area contributed by atoms with E-state index in [1.807, 2.05) is 12.1 Å². The zero-order valence-electron chi connectivity index (χ0n) is 8.51. The number of nitrogen functional groups attached to an aromatic ring is 1. The van der Waals surface area contributed by atoms with Crippen LogP contribution in [0.4, 0.5) is 17.2 Å². The molecular weight excluding hydrogens is 200 g/mol. The molecule has 0 fully saturated rings. The number of anilines is 3. The summed E-state index contributed by atoms with van der Waals surface area (Å²) in [5.74, 6) is 0.698. The lowest BCUT2D eigenvalue weighted by atomic mass is 10.2. The summed E-state index contributed by atoms with van der Waals surface area (Å²) in [6.45, 7) is 0. The van der Waals surface area contributed by atoms with E-state index in [1.165, 1.54) is 0 Å². The lowest BCUT2D eigenvalue weighted by Gasteiger charge is -2.05. The molecule has 4 nitrogen and oxygen atoms in total. The molecule has 3 N–H and O–H groups in total. The molecule has 0 aliphatic rings. The summed E-state index contributed by atoms with van der Waals surface area (Å²) in [6.07, 6.45) is 1.58. The van der Waals surface area contributed by atoms with Crippen LogP contribution in [0.3, 0.4) is 0 Å². The van der Waals surface area contributed by atoms with Crippen molar-refractivity contribution in [2.45, 2.75) is 0 Å². The normalized spacial score (nSPS) is 9.44. The van der Waals surface area contributed by atoms with Gasteiger partial charge in [-0.3, -0.25) is 0 Å². The molecule has 0 amide bonds. The van der Waals surface area contributed by atoms with Crippen LogP contribution >= 0.6 is 0 Å². The summed E-state index contributed by atoms with van der Waals surface area (Å²) in [6, 6.07) is 12.8. The SMILES string of the molecule is N#Cc1cccc(Nc2ccc(N)cn2)c1. The summed E-state index contributed by atoms with van der Waals surface area (Å²) in [4.78, 5) is 4.11. The van der Waals surface area contributed by atoms with Gasteiger partial charge in [0.15, 0.2) is 0 Å². The summed E-state index contributed by atoms with van der Waals surface area (Å²) >= 11 is 0. The maximum Gasteiger partial charge on any atom is 0.130 e. The molecule has 78 valence electrons. The number of aromatic nitrogens is 1. The Kier molecular flexibility index (Phi) is 2.70. The van der Waals surface area contributed by atoms with Crippen molar-refractivity contribution >= 4 is 17.2 Å². The topological polar surface area (TPSA) is 74.7 Å². The molecule has 2 rings (SSSR count). The quantitative estimate of drug-likeness (QED) is 0.797. The van der Waals surface area contributed by atoms with E-state index in [1.54, 1.807) is 30.5 Å². The van der Waals surface area contributed by atoms with Crippen LogP contribution < -0.4 is 11.1 Å². The Bertz CT molecular complexity index is 525. The molecule has 0 bridgehead atoms. The first-order valence-corrected chi connectivity index (χ1v) is 4.76. The predicted octanol–water partition coefficient (Wildman–Crippen LogP) is 2.28. The Morgan fingerprint density at radius 2 is 2.12 bits per heavy atom. The van der Waals surface area contributed by atoms with Crippen molar-refractivity contribution in [3.8, 4) is 6.07 Å². The van der Waals surface area contributed by atoms with E-state index in [9.17, 15) is 0 Å². The smallest absolute Gasteiger partial charge is 0.130 e. The molecule has 4 heteroatoms. The van der Waals surface area contributed by atoms with E-state index >= 15 is 0 Å². The van der Waals surface area contributed by atoms with Gasteiger partial charge < -0.3 is 11.1 Å². The highest BCUT2D eigenvalue weighted by Crippen LogP contribution is 2.16. The van der Waals surface area contributed by atoms with Crippen LogP contribution in [0.15, 0.2) is 42.6 Å². The van der Waals surface area contributed by atoms with Crippen molar-refractivity contribution in [2.24, 2.45) is 0 Å². The second kappa shape index (κ2) is 4.32. The summed E-state index contributed by atoms with van der Waals surface area (Å²) in [5.41, 5.74) is 7.60. The number of rotatable bonds is 2. The van der Waals surface area contributed by atoms with Crippen LogP contribution in [0.25, 0.3) is 0 Å². The molecule has 0 saturated heterocycles. The van der Waals surface area contributed by atoms with Gasteiger partial charge in [-0.15, -0.1) is 0 Å². The van der Waals surface area contributed by atoms with Crippen LogP contribution in [-0.2, 0) is 0 Å². The minimum Gasteiger partial charge on any atom is -0.397 e. The summed E-state index contributed by atoms with van der Waals surface area (Å²) in [7, 11) is 0. The third kappa shape index (κ3) is 2.28. The van der Waals surface area contributed by atoms with Gasteiger partial charge in [-0.2, -0.15) is 5.26 Å². The van der Waals surface area contributed by atoms with Crippen molar-refractivity contribution in [2.75, 3.05) is 11.1 Å². The Morgan fingerprint density at radius 1 is 1.25 bits per heavy atom. The highest BCUT2D eigenvalue weighted by Gasteiger charge is 1.97. The van der Waals surface area contributed by atoms with Crippen LogP contribution in [0.5, 0.6) is 0 Å². The molecule has 1 aromatic heterocycles. The third-order valence-electron chi connectivity index (χ3n) is 2.05. The number of nitrogens with one attached hydrogen (secondary N) is 1. The molecule has 1 heterocycles. The van der Waals surface area contributed by atoms with Gasteiger partial charge in [-0.05, 0) is 30.3 Å². The number of nitrogens with zero attached hydrogens (tertiary/aromatic N) is 2. The molecule has 0 spiro atoms. The number of pyridine rings is 1. The number of hydrogen-bond donors (Lipinski definition) is 2. The molecule has 1 aromatic carbocycles. The first kappa shape index (κ1) is 9.99. The molecule has 0 aliphatic heterocycles. The van der Waals surface area contributed by atoms with Gasteiger partial charge >= 0.3 is 0 Å². The van der Waals surface area contributed by atoms with Crippen molar-refractivity contribution in [3.05, 3.63) is 48.2 Å². The average molecular weight is 210 g/mol. The number of nitriles is 1. The molecule has 0 atom stereocenters. The maximum absolute atomic E-state index is 8.75. The minimum atomic E-state index is 0.612. The van der Waals surface area contributed by atoms with Crippen molar-refractivity contribution in [1.82, 2.24) is 4.98 Å². The zero-order valence-corrected chi connectivity index (χ0v) is 8.51. The van der Waals surface area contributed by atoms with Crippen LogP contribution in [0.2, 0.25) is 0 Å². The van der Waals surface area contributed by atoms with E-state index in [0.29, 0.717) is 17.1 Å². The summed E-state index contributed by atoms with van der Waals surface area (Å²) < 4.78 is 0. The van der Waals surface area contributed by atoms with Crippen LogP contribution in [-0.4, -0.2) is 4.98 Å². The first-order chi connectivity index (χ1) is 7.78. The Balaban J connectivity index is 2.21. The van der Waals surface area contributed by atoms with Crippen LogP contribution in [0.1, 0.15) is 5.56 Å². The van der Waals surface area contributed by atoms with Crippen molar-refractivity contribution in [1.29, 1.82) is 5.26 Å². The van der Waals surface area contributed by atoms with Crippen molar-refractivity contribution < 1.29 is 0 Å². The molecule has 0 aliphatic carbocycles. The third-order valence-corrected chi connectivity index (χ3v) is 2.05. The minimum absolute atomic E-state index is 0.612. The molecule has 0 saturated carbocycles. The van der Waals surface area contributed by atoms with Gasteiger partial charge in [0.25, 0.3) is 0 Å². The van der Waals surface area contributed by atoms with Gasteiger partial charge in [-0.25, -0.2) is 4.98 Å². The fourth-order valence-electron chi connectivity index (χ4n) is 1.29. The summed E-state index contributed by atoms with van der Waals surface area (Å²) in [5, 5.41) is 11.8. The van der Waals surface area contributed by atoms with Gasteiger partial charge in [0.2, 0.25) is 0 Å². The standard InChI is InChI=1S/C12H10N4/c13-7-9-2-1-3-11(6-9)16-12-5-4-10(14)8-15-12/h1-6,8H,14H2,(H,15,16). The van der Waals surface area contributed by atoms with E-state index < -0.39 is 0 Å². The average Bonchev–Trinajstić information content (AvgIpc) is 2.32. The lowest BCUT2D eigenvalue weighted by molar-refractivity contribution is 1.31. The van der Waals surface area contributed by atoms with E-state index in [-0.39, 0.29) is 0 Å². The Hall–Kier alpha value is -2.54. The molecule has 0 unspecified atom stereocenters. The lowest BCUT2D eigenvalue weighted by Crippen LogP contribution is -1.94. The molecule has 16 heavy (non-hydrogen) atoms. The maximum atomic E-state index is 8.75. The second-order valence-corrected chi connectivity index (χ2v) is 3.29. The molecule has 0 radical (unpaired) electrons.